The van der Waals surface area contributed by atoms with Gasteiger partial charge in [0.05, 0.1) is 0 Å². The van der Waals surface area contributed by atoms with Crippen molar-refractivity contribution >= 4 is 11.9 Å². The van der Waals surface area contributed by atoms with Gasteiger partial charge in [0.15, 0.2) is 0 Å². The van der Waals surface area contributed by atoms with E-state index in [4.69, 9.17) is 6.48 Å². The molecule has 0 bridgehead atoms. The lowest BCUT2D eigenvalue weighted by Gasteiger charge is -2.18. The first kappa shape index (κ1) is 6.64. The number of carboxylic acids is 1. The van der Waals surface area contributed by atoms with E-state index in [0.717, 1.165) is 6.42 Å². The molecule has 0 unspecified atom stereocenters. The van der Waals surface area contributed by atoms with Crippen LogP contribution in [0.4, 0.5) is 0 Å². The summed E-state index contributed by atoms with van der Waals surface area (Å²) < 4.78 is 6.82. The highest BCUT2D eigenvalue weighted by atomic mass is 16.4. The summed E-state index contributed by atoms with van der Waals surface area (Å²) in [5, 5.41) is 8.67. The third kappa shape index (κ3) is 1.50. The van der Waals surface area contributed by atoms with Crippen molar-refractivity contribution in [3.05, 3.63) is 0 Å². The number of hydrogen-bond acceptors (Lipinski definition) is 2. The topological polar surface area (TPSA) is 57.6 Å². The molecule has 0 spiro atoms. The highest BCUT2D eigenvalue weighted by Gasteiger charge is 2.31. The molecule has 0 aliphatic carbocycles. The minimum atomic E-state index is -0.964. The fraction of sp³-hybridized carbons (Fsp3) is 0.714. The fourth-order valence-corrected chi connectivity index (χ4v) is 1.32. The zero-order valence-corrected chi connectivity index (χ0v) is 6.12. The smallest absolute Gasteiger partial charge is 0.326 e. The molecule has 1 fully saturated rings. The van der Waals surface area contributed by atoms with Crippen LogP contribution in [0.1, 0.15) is 21.1 Å². The van der Waals surface area contributed by atoms with Crippen LogP contribution in [0, 0.1) is 0 Å². The quantitative estimate of drug-likeness (QED) is 0.588. The van der Waals surface area contributed by atoms with E-state index in [1.807, 2.05) is 0 Å². The molecule has 1 N–H and O–H groups in total. The molecule has 0 aromatic carbocycles. The molecule has 4 heteroatoms. The number of rotatable bonds is 1. The van der Waals surface area contributed by atoms with E-state index >= 15 is 0 Å². The van der Waals surface area contributed by atoms with Crippen LogP contribution in [0.3, 0.4) is 0 Å². The van der Waals surface area contributed by atoms with Crippen LogP contribution in [0.5, 0.6) is 0 Å². The van der Waals surface area contributed by atoms with Gasteiger partial charge in [-0.1, -0.05) is 0 Å². The van der Waals surface area contributed by atoms with Gasteiger partial charge in [-0.15, -0.1) is 0 Å². The van der Waals surface area contributed by atoms with Crippen molar-refractivity contribution in [2.45, 2.75) is 25.8 Å². The Kier molecular flexibility index (Phi) is 1.75. The molecule has 1 saturated heterocycles. The SMILES string of the molecule is [2H]CC(=O)N1CCC[C@H]1C(=O)O. The lowest BCUT2D eigenvalue weighted by molar-refractivity contribution is -0.147. The van der Waals surface area contributed by atoms with Crippen molar-refractivity contribution in [3.63, 3.8) is 0 Å². The first-order valence-electron chi connectivity index (χ1n) is 4.19. The van der Waals surface area contributed by atoms with Crippen molar-refractivity contribution in [1.82, 2.24) is 4.90 Å². The number of nitrogens with zero attached hydrogens (tertiary/aromatic N) is 1. The normalized spacial score (nSPS) is 24.9. The van der Waals surface area contributed by atoms with Gasteiger partial charge in [-0.05, 0) is 12.8 Å². The number of likely N-dealkylation sites (tertiary alicyclic amines) is 1. The van der Waals surface area contributed by atoms with Gasteiger partial charge in [-0.2, -0.15) is 0 Å². The minimum absolute atomic E-state index is 0.357. The Hall–Kier alpha value is -1.06. The summed E-state index contributed by atoms with van der Waals surface area (Å²) in [6, 6.07) is -0.692. The van der Waals surface area contributed by atoms with Gasteiger partial charge in [0.25, 0.3) is 0 Å². The third-order valence-corrected chi connectivity index (χ3v) is 1.86. The van der Waals surface area contributed by atoms with Crippen molar-refractivity contribution in [3.8, 4) is 0 Å². The van der Waals surface area contributed by atoms with E-state index in [1.54, 1.807) is 0 Å². The van der Waals surface area contributed by atoms with Gasteiger partial charge in [-0.25, -0.2) is 4.79 Å². The predicted molar refractivity (Wildman–Crippen MR) is 38.0 cm³/mol. The largest absolute Gasteiger partial charge is 0.480 e. The standard InChI is InChI=1S/C7H11NO3/c1-5(9)8-4-2-3-6(8)7(10)11/h6H,2-4H2,1H3,(H,10,11)/t6-/m0/s1/i1D. The van der Waals surface area contributed by atoms with Gasteiger partial charge in [0.2, 0.25) is 5.91 Å². The summed E-state index contributed by atoms with van der Waals surface area (Å²) >= 11 is 0. The van der Waals surface area contributed by atoms with Crippen molar-refractivity contribution < 1.29 is 16.1 Å². The molecule has 1 amide bonds. The Morgan fingerprint density at radius 3 is 3.00 bits per heavy atom. The first-order chi connectivity index (χ1) is 5.66. The molecule has 1 heterocycles. The van der Waals surface area contributed by atoms with Gasteiger partial charge in [0, 0.05) is 14.8 Å². The Morgan fingerprint density at radius 1 is 1.73 bits per heavy atom. The molecule has 62 valence electrons. The van der Waals surface area contributed by atoms with Crippen molar-refractivity contribution in [1.29, 1.82) is 0 Å². The monoisotopic (exact) mass is 158 g/mol. The van der Waals surface area contributed by atoms with Crippen LogP contribution in [0.25, 0.3) is 0 Å². The van der Waals surface area contributed by atoms with E-state index in [9.17, 15) is 9.59 Å². The molecule has 0 saturated carbocycles. The van der Waals surface area contributed by atoms with E-state index in [0.29, 0.717) is 13.0 Å². The predicted octanol–water partition coefficient (Wildman–Crippen LogP) is 0.0819. The van der Waals surface area contributed by atoms with Crippen LogP contribution < -0.4 is 0 Å². The Labute approximate surface area is 66.2 Å². The highest BCUT2D eigenvalue weighted by molar-refractivity contribution is 5.82. The maximum Gasteiger partial charge on any atom is 0.326 e. The number of carboxylic acid groups (broad SMARTS) is 1. The van der Waals surface area contributed by atoms with E-state index < -0.39 is 12.0 Å². The number of carbonyl (C=O) groups excluding carboxylic acids is 1. The van der Waals surface area contributed by atoms with Gasteiger partial charge in [-0.3, -0.25) is 4.79 Å². The summed E-state index contributed by atoms with van der Waals surface area (Å²) in [5.41, 5.74) is 0. The minimum Gasteiger partial charge on any atom is -0.480 e. The average molecular weight is 158 g/mol. The van der Waals surface area contributed by atoms with Crippen LogP contribution in [-0.2, 0) is 9.59 Å². The van der Waals surface area contributed by atoms with Crippen LogP contribution in [0.2, 0.25) is 0 Å². The third-order valence-electron chi connectivity index (χ3n) is 1.86. The van der Waals surface area contributed by atoms with Crippen molar-refractivity contribution in [2.24, 2.45) is 0 Å². The second-order valence-electron chi connectivity index (χ2n) is 2.58. The summed E-state index contributed by atoms with van der Waals surface area (Å²) in [5.74, 6) is -1.35. The fourth-order valence-electron chi connectivity index (χ4n) is 1.32. The Balaban J connectivity index is 2.63. The molecule has 4 nitrogen and oxygen atoms in total. The first-order valence-corrected chi connectivity index (χ1v) is 3.48. The maximum atomic E-state index is 11.0. The summed E-state index contributed by atoms with van der Waals surface area (Å²) in [6.07, 6.45) is 1.24. The van der Waals surface area contributed by atoms with Crippen molar-refractivity contribution in [2.75, 3.05) is 6.54 Å². The molecule has 11 heavy (non-hydrogen) atoms. The zero-order valence-electron chi connectivity index (χ0n) is 7.12. The van der Waals surface area contributed by atoms with Crippen LogP contribution in [-0.4, -0.2) is 34.5 Å². The Bertz CT molecular complexity index is 207. The molecule has 0 aromatic rings. The molecule has 0 radical (unpaired) electrons. The van der Waals surface area contributed by atoms with E-state index in [2.05, 4.69) is 0 Å². The number of aliphatic carboxylic acids is 1. The summed E-state index contributed by atoms with van der Waals surface area (Å²) in [4.78, 5) is 22.9. The Morgan fingerprint density at radius 2 is 2.45 bits per heavy atom. The van der Waals surface area contributed by atoms with Crippen LogP contribution in [0.15, 0.2) is 0 Å². The molecule has 1 atom stereocenters. The second-order valence-corrected chi connectivity index (χ2v) is 2.58. The van der Waals surface area contributed by atoms with Gasteiger partial charge >= 0.3 is 5.97 Å². The molecule has 1 rings (SSSR count). The van der Waals surface area contributed by atoms with E-state index in [1.165, 1.54) is 4.90 Å². The van der Waals surface area contributed by atoms with E-state index in [-0.39, 0.29) is 12.8 Å². The highest BCUT2D eigenvalue weighted by Crippen LogP contribution is 2.16. The number of amides is 1. The second kappa shape index (κ2) is 2.90. The maximum absolute atomic E-state index is 11.0. The zero-order chi connectivity index (χ0) is 9.14. The van der Waals surface area contributed by atoms with Gasteiger partial charge < -0.3 is 10.0 Å². The van der Waals surface area contributed by atoms with Gasteiger partial charge in [0.1, 0.15) is 6.04 Å². The lowest BCUT2D eigenvalue weighted by Crippen LogP contribution is -2.38. The number of carbonyl (C=O) groups is 2. The average Bonchev–Trinajstić information content (AvgIpc) is 2.50. The molecular formula is C7H11NO3. The number of hydrogen-bond donors (Lipinski definition) is 1. The molecule has 1 aliphatic rings. The van der Waals surface area contributed by atoms with Crippen LogP contribution >= 0.6 is 0 Å². The molecule has 1 aliphatic heterocycles. The summed E-state index contributed by atoms with van der Waals surface area (Å²) in [7, 11) is 0. The lowest BCUT2D eigenvalue weighted by atomic mass is 10.2. The molecular weight excluding hydrogens is 146 g/mol. The molecule has 0 aromatic heterocycles. The summed E-state index contributed by atoms with van der Waals surface area (Å²) in [6.45, 7) is 0.123.